The van der Waals surface area contributed by atoms with Gasteiger partial charge in [0, 0.05) is 20.0 Å². The Bertz CT molecular complexity index is 324. The van der Waals surface area contributed by atoms with E-state index in [0.717, 1.165) is 19.5 Å². The summed E-state index contributed by atoms with van der Waals surface area (Å²) in [7, 11) is 1.67. The fraction of sp³-hybridized carbons (Fsp3) is 0.500. The Kier molecular flexibility index (Phi) is 6.33. The molecule has 17 heavy (non-hydrogen) atoms. The predicted molar refractivity (Wildman–Crippen MR) is 71.0 cm³/mol. The summed E-state index contributed by atoms with van der Waals surface area (Å²) in [6.07, 6.45) is 1.65. The van der Waals surface area contributed by atoms with Crippen LogP contribution in [0.5, 0.6) is 0 Å². The highest BCUT2D eigenvalue weighted by atomic mass is 16.1. The van der Waals surface area contributed by atoms with Gasteiger partial charge >= 0.3 is 0 Å². The van der Waals surface area contributed by atoms with E-state index in [1.807, 2.05) is 6.07 Å². The lowest BCUT2D eigenvalue weighted by Gasteiger charge is -2.12. The van der Waals surface area contributed by atoms with Crippen LogP contribution in [0.25, 0.3) is 0 Å². The lowest BCUT2D eigenvalue weighted by Crippen LogP contribution is -2.25. The number of amides is 1. The quantitative estimate of drug-likeness (QED) is 0.708. The summed E-state index contributed by atoms with van der Waals surface area (Å²) in [5.74, 6) is 0.650. The van der Waals surface area contributed by atoms with Crippen molar-refractivity contribution in [2.75, 3.05) is 20.1 Å². The highest BCUT2D eigenvalue weighted by Crippen LogP contribution is 2.17. The number of hydrogen-bond donors (Lipinski definition) is 2. The molecule has 2 N–H and O–H groups in total. The zero-order chi connectivity index (χ0) is 12.5. The summed E-state index contributed by atoms with van der Waals surface area (Å²) in [5.41, 5.74) is 1.38. The summed E-state index contributed by atoms with van der Waals surface area (Å²) in [5, 5.41) is 5.90. The molecule has 0 spiro atoms. The van der Waals surface area contributed by atoms with Crippen LogP contribution in [-0.2, 0) is 4.79 Å². The van der Waals surface area contributed by atoms with Gasteiger partial charge in [0.15, 0.2) is 0 Å². The average Bonchev–Trinajstić information content (AvgIpc) is 2.38. The third kappa shape index (κ3) is 5.50. The molecule has 1 atom stereocenters. The molecule has 0 aliphatic heterocycles. The summed E-state index contributed by atoms with van der Waals surface area (Å²) < 4.78 is 0. The molecule has 1 rings (SSSR count). The van der Waals surface area contributed by atoms with Crippen LogP contribution in [0.4, 0.5) is 0 Å². The molecule has 0 aliphatic carbocycles. The van der Waals surface area contributed by atoms with E-state index in [9.17, 15) is 4.79 Å². The molecule has 1 aromatic carbocycles. The van der Waals surface area contributed by atoms with Crippen molar-refractivity contribution in [3.8, 4) is 0 Å². The molecule has 0 aromatic heterocycles. The van der Waals surface area contributed by atoms with Crippen LogP contribution in [0.2, 0.25) is 0 Å². The van der Waals surface area contributed by atoms with Crippen molar-refractivity contribution in [1.82, 2.24) is 10.6 Å². The molecule has 1 unspecified atom stereocenters. The standard InChI is InChI=1S/C14H22N2O/c1-12(13-6-4-3-5-7-13)8-10-16-11-9-14(17)15-2/h3-7,12,16H,8-11H2,1-2H3,(H,15,17). The number of carbonyl (C=O) groups is 1. The molecule has 0 aliphatic rings. The minimum atomic E-state index is 0.0913. The topological polar surface area (TPSA) is 41.1 Å². The van der Waals surface area contributed by atoms with Gasteiger partial charge in [-0.15, -0.1) is 0 Å². The first-order chi connectivity index (χ1) is 8.24. The average molecular weight is 234 g/mol. The van der Waals surface area contributed by atoms with Crippen LogP contribution in [-0.4, -0.2) is 26.0 Å². The summed E-state index contributed by atoms with van der Waals surface area (Å²) in [4.78, 5) is 11.0. The van der Waals surface area contributed by atoms with Crippen molar-refractivity contribution in [2.24, 2.45) is 0 Å². The monoisotopic (exact) mass is 234 g/mol. The number of carbonyl (C=O) groups excluding carboxylic acids is 1. The third-order valence-corrected chi connectivity index (χ3v) is 2.93. The molecular weight excluding hydrogens is 212 g/mol. The third-order valence-electron chi connectivity index (χ3n) is 2.93. The molecule has 0 saturated heterocycles. The molecule has 0 heterocycles. The lowest BCUT2D eigenvalue weighted by molar-refractivity contribution is -0.120. The highest BCUT2D eigenvalue weighted by Gasteiger charge is 2.04. The summed E-state index contributed by atoms with van der Waals surface area (Å²) in [6, 6.07) is 10.5. The van der Waals surface area contributed by atoms with Crippen molar-refractivity contribution < 1.29 is 4.79 Å². The number of hydrogen-bond acceptors (Lipinski definition) is 2. The van der Waals surface area contributed by atoms with E-state index in [4.69, 9.17) is 0 Å². The van der Waals surface area contributed by atoms with E-state index in [-0.39, 0.29) is 5.91 Å². The van der Waals surface area contributed by atoms with Gasteiger partial charge in [-0.25, -0.2) is 0 Å². The van der Waals surface area contributed by atoms with E-state index in [2.05, 4.69) is 41.8 Å². The Morgan fingerprint density at radius 3 is 2.59 bits per heavy atom. The van der Waals surface area contributed by atoms with Gasteiger partial charge in [0.05, 0.1) is 0 Å². The fourth-order valence-electron chi connectivity index (χ4n) is 1.72. The first-order valence-corrected chi connectivity index (χ1v) is 6.20. The molecule has 0 saturated carbocycles. The van der Waals surface area contributed by atoms with Gasteiger partial charge in [-0.2, -0.15) is 0 Å². The van der Waals surface area contributed by atoms with Crippen LogP contribution in [0.15, 0.2) is 30.3 Å². The minimum Gasteiger partial charge on any atom is -0.359 e. The van der Waals surface area contributed by atoms with Gasteiger partial charge in [0.25, 0.3) is 0 Å². The number of benzene rings is 1. The number of rotatable bonds is 7. The smallest absolute Gasteiger partial charge is 0.221 e. The van der Waals surface area contributed by atoms with Crippen LogP contribution in [0.3, 0.4) is 0 Å². The Morgan fingerprint density at radius 1 is 1.24 bits per heavy atom. The molecule has 3 heteroatoms. The Morgan fingerprint density at radius 2 is 1.94 bits per heavy atom. The van der Waals surface area contributed by atoms with Crippen LogP contribution >= 0.6 is 0 Å². The van der Waals surface area contributed by atoms with E-state index >= 15 is 0 Å². The molecule has 0 bridgehead atoms. The molecule has 3 nitrogen and oxygen atoms in total. The molecule has 94 valence electrons. The minimum absolute atomic E-state index is 0.0913. The molecule has 0 fully saturated rings. The van der Waals surface area contributed by atoms with Crippen LogP contribution in [0, 0.1) is 0 Å². The maximum absolute atomic E-state index is 11.0. The Hall–Kier alpha value is -1.35. The first kappa shape index (κ1) is 13.7. The van der Waals surface area contributed by atoms with E-state index in [1.165, 1.54) is 5.56 Å². The Labute approximate surface area is 104 Å². The second-order valence-electron chi connectivity index (χ2n) is 4.27. The van der Waals surface area contributed by atoms with Crippen molar-refractivity contribution in [2.45, 2.75) is 25.7 Å². The fourth-order valence-corrected chi connectivity index (χ4v) is 1.72. The molecule has 1 aromatic rings. The normalized spacial score (nSPS) is 12.1. The summed E-state index contributed by atoms with van der Waals surface area (Å²) in [6.45, 7) is 3.93. The maximum Gasteiger partial charge on any atom is 0.221 e. The van der Waals surface area contributed by atoms with E-state index in [1.54, 1.807) is 7.05 Å². The predicted octanol–water partition coefficient (Wildman–Crippen LogP) is 1.91. The van der Waals surface area contributed by atoms with Gasteiger partial charge in [-0.3, -0.25) is 4.79 Å². The Balaban J connectivity index is 2.13. The van der Waals surface area contributed by atoms with Crippen molar-refractivity contribution in [1.29, 1.82) is 0 Å². The summed E-state index contributed by atoms with van der Waals surface area (Å²) >= 11 is 0. The first-order valence-electron chi connectivity index (χ1n) is 6.20. The van der Waals surface area contributed by atoms with E-state index < -0.39 is 0 Å². The number of nitrogens with one attached hydrogen (secondary N) is 2. The lowest BCUT2D eigenvalue weighted by atomic mass is 9.98. The van der Waals surface area contributed by atoms with Gasteiger partial charge in [0.1, 0.15) is 0 Å². The molecular formula is C14H22N2O. The van der Waals surface area contributed by atoms with Crippen molar-refractivity contribution in [3.05, 3.63) is 35.9 Å². The molecule has 1 amide bonds. The maximum atomic E-state index is 11.0. The second-order valence-corrected chi connectivity index (χ2v) is 4.27. The molecule has 0 radical (unpaired) electrons. The van der Waals surface area contributed by atoms with Gasteiger partial charge < -0.3 is 10.6 Å². The van der Waals surface area contributed by atoms with Gasteiger partial charge in [-0.1, -0.05) is 37.3 Å². The van der Waals surface area contributed by atoms with Crippen molar-refractivity contribution in [3.63, 3.8) is 0 Å². The zero-order valence-corrected chi connectivity index (χ0v) is 10.7. The van der Waals surface area contributed by atoms with Crippen LogP contribution < -0.4 is 10.6 Å². The zero-order valence-electron chi connectivity index (χ0n) is 10.7. The largest absolute Gasteiger partial charge is 0.359 e. The second kappa shape index (κ2) is 7.85. The SMILES string of the molecule is CNC(=O)CCNCCC(C)c1ccccc1. The van der Waals surface area contributed by atoms with Crippen LogP contribution in [0.1, 0.15) is 31.2 Å². The van der Waals surface area contributed by atoms with Gasteiger partial charge in [-0.05, 0) is 24.4 Å². The van der Waals surface area contributed by atoms with E-state index in [0.29, 0.717) is 12.3 Å². The van der Waals surface area contributed by atoms with Crippen molar-refractivity contribution >= 4 is 5.91 Å². The van der Waals surface area contributed by atoms with Gasteiger partial charge in [0.2, 0.25) is 5.91 Å². The highest BCUT2D eigenvalue weighted by molar-refractivity contribution is 5.75.